The van der Waals surface area contributed by atoms with Crippen molar-refractivity contribution >= 4 is 34.5 Å². The van der Waals surface area contributed by atoms with E-state index in [1.165, 1.54) is 0 Å². The molecule has 2 aromatic heterocycles. The molecule has 0 saturated carbocycles. The van der Waals surface area contributed by atoms with Crippen LogP contribution in [0.1, 0.15) is 13.8 Å². The molecule has 3 heterocycles. The molecule has 1 aromatic carbocycles. The number of fused-ring (bicyclic) bond motifs is 1. The predicted molar refractivity (Wildman–Crippen MR) is 124 cm³/mol. The summed E-state index contributed by atoms with van der Waals surface area (Å²) in [5.41, 5.74) is 0.777. The molecular weight excluding hydrogens is 428 g/mol. The predicted octanol–water partition coefficient (Wildman–Crippen LogP) is 2.36. The third-order valence-electron chi connectivity index (χ3n) is 4.87. The lowest BCUT2D eigenvalue weighted by molar-refractivity contribution is -0.123. The molecule has 3 aromatic rings. The number of rotatable bonds is 9. The zero-order valence-electron chi connectivity index (χ0n) is 18.4. The van der Waals surface area contributed by atoms with E-state index >= 15 is 0 Å². The van der Waals surface area contributed by atoms with Gasteiger partial charge in [0, 0.05) is 24.9 Å². The molecule has 0 aliphatic carbocycles. The lowest BCUT2D eigenvalue weighted by Crippen LogP contribution is -2.37. The fourth-order valence-corrected chi connectivity index (χ4v) is 4.08. The molecule has 0 bridgehead atoms. The van der Waals surface area contributed by atoms with Crippen LogP contribution >= 0.6 is 11.8 Å². The Bertz CT molecular complexity index is 1040. The maximum atomic E-state index is 12.1. The van der Waals surface area contributed by atoms with Crippen molar-refractivity contribution in [3.63, 3.8) is 0 Å². The van der Waals surface area contributed by atoms with Crippen molar-refractivity contribution in [3.05, 3.63) is 36.5 Å². The molecule has 9 nitrogen and oxygen atoms in total. The SMILES string of the molecule is CC(C)Sc1nc(N2CCOCC2)c2cnn(CCNC(=O)COc3ccccc3)c2n1. The number of nitrogens with one attached hydrogen (secondary N) is 1. The van der Waals surface area contributed by atoms with Crippen LogP contribution in [0, 0.1) is 0 Å². The summed E-state index contributed by atoms with van der Waals surface area (Å²) in [6.07, 6.45) is 1.81. The summed E-state index contributed by atoms with van der Waals surface area (Å²) in [6.45, 7) is 8.10. The molecule has 4 rings (SSSR count). The van der Waals surface area contributed by atoms with Gasteiger partial charge >= 0.3 is 0 Å². The number of morpholine rings is 1. The van der Waals surface area contributed by atoms with E-state index in [1.54, 1.807) is 11.8 Å². The highest BCUT2D eigenvalue weighted by molar-refractivity contribution is 7.99. The van der Waals surface area contributed by atoms with Crippen LogP contribution in [0.4, 0.5) is 5.82 Å². The van der Waals surface area contributed by atoms with E-state index in [1.807, 2.05) is 41.2 Å². The van der Waals surface area contributed by atoms with Gasteiger partial charge in [-0.2, -0.15) is 5.10 Å². The Balaban J connectivity index is 1.43. The van der Waals surface area contributed by atoms with Crippen LogP contribution in [0.3, 0.4) is 0 Å². The minimum absolute atomic E-state index is 0.0254. The van der Waals surface area contributed by atoms with E-state index in [0.717, 1.165) is 35.1 Å². The van der Waals surface area contributed by atoms with E-state index < -0.39 is 0 Å². The standard InChI is InChI=1S/C22H28N6O3S/c1-16(2)32-22-25-20(27-10-12-30-13-11-27)18-14-24-28(21(18)26-22)9-8-23-19(29)15-31-17-6-4-3-5-7-17/h3-7,14,16H,8-13,15H2,1-2H3,(H,23,29). The summed E-state index contributed by atoms with van der Waals surface area (Å²) >= 11 is 1.63. The smallest absolute Gasteiger partial charge is 0.258 e. The minimum atomic E-state index is -0.176. The van der Waals surface area contributed by atoms with Gasteiger partial charge in [0.1, 0.15) is 11.6 Å². The average molecular weight is 457 g/mol. The molecule has 1 amide bonds. The highest BCUT2D eigenvalue weighted by Gasteiger charge is 2.20. The summed E-state index contributed by atoms with van der Waals surface area (Å²) in [7, 11) is 0. The van der Waals surface area contributed by atoms with Crippen LogP contribution in [0.25, 0.3) is 11.0 Å². The Morgan fingerprint density at radius 2 is 2.00 bits per heavy atom. The van der Waals surface area contributed by atoms with Crippen LogP contribution < -0.4 is 15.0 Å². The number of carbonyl (C=O) groups excluding carboxylic acids is 1. The molecule has 0 atom stereocenters. The largest absolute Gasteiger partial charge is 0.484 e. The molecule has 1 fully saturated rings. The molecular formula is C22H28N6O3S. The van der Waals surface area contributed by atoms with Crippen molar-refractivity contribution in [2.24, 2.45) is 0 Å². The first-order chi connectivity index (χ1) is 15.6. The quantitative estimate of drug-likeness (QED) is 0.387. The van der Waals surface area contributed by atoms with Crippen molar-refractivity contribution in [2.45, 2.75) is 30.8 Å². The lowest BCUT2D eigenvalue weighted by Gasteiger charge is -2.28. The topological polar surface area (TPSA) is 94.4 Å². The monoisotopic (exact) mass is 456 g/mol. The van der Waals surface area contributed by atoms with E-state index in [4.69, 9.17) is 19.4 Å². The summed E-state index contributed by atoms with van der Waals surface area (Å²) < 4.78 is 12.8. The van der Waals surface area contributed by atoms with Crippen molar-refractivity contribution < 1.29 is 14.3 Å². The highest BCUT2D eigenvalue weighted by atomic mass is 32.2. The van der Waals surface area contributed by atoms with Crippen LogP contribution in [-0.4, -0.2) is 70.4 Å². The number of amides is 1. The number of carbonyl (C=O) groups is 1. The number of aromatic nitrogens is 4. The van der Waals surface area contributed by atoms with Gasteiger partial charge in [-0.3, -0.25) is 4.79 Å². The van der Waals surface area contributed by atoms with Crippen LogP contribution in [0.5, 0.6) is 5.75 Å². The zero-order valence-corrected chi connectivity index (χ0v) is 19.2. The number of thioether (sulfide) groups is 1. The van der Waals surface area contributed by atoms with E-state index in [-0.39, 0.29) is 12.5 Å². The zero-order chi connectivity index (χ0) is 22.3. The Hall–Kier alpha value is -2.85. The first-order valence-electron chi connectivity index (χ1n) is 10.8. The van der Waals surface area contributed by atoms with E-state index in [9.17, 15) is 4.79 Å². The molecule has 1 saturated heterocycles. The Morgan fingerprint density at radius 3 is 2.75 bits per heavy atom. The van der Waals surface area contributed by atoms with Crippen LogP contribution in [0.2, 0.25) is 0 Å². The molecule has 0 unspecified atom stereocenters. The van der Waals surface area contributed by atoms with Gasteiger partial charge in [0.2, 0.25) is 0 Å². The van der Waals surface area contributed by atoms with Gasteiger partial charge < -0.3 is 19.7 Å². The normalized spacial score (nSPS) is 14.2. The molecule has 1 N–H and O–H groups in total. The van der Waals surface area contributed by atoms with Gasteiger partial charge in [0.15, 0.2) is 17.4 Å². The van der Waals surface area contributed by atoms with Crippen molar-refractivity contribution in [1.82, 2.24) is 25.1 Å². The maximum absolute atomic E-state index is 12.1. The van der Waals surface area contributed by atoms with Gasteiger partial charge in [-0.25, -0.2) is 14.6 Å². The number of ether oxygens (including phenoxy) is 2. The second-order valence-electron chi connectivity index (χ2n) is 7.65. The van der Waals surface area contributed by atoms with E-state index in [0.29, 0.717) is 37.3 Å². The molecule has 0 radical (unpaired) electrons. The van der Waals surface area contributed by atoms with Crippen LogP contribution in [0.15, 0.2) is 41.7 Å². The summed E-state index contributed by atoms with van der Waals surface area (Å²) in [5.74, 6) is 1.39. The second kappa shape index (κ2) is 10.6. The number of para-hydroxylation sites is 1. The Labute approximate surface area is 191 Å². The van der Waals surface area contributed by atoms with Gasteiger partial charge in [0.05, 0.1) is 31.3 Å². The lowest BCUT2D eigenvalue weighted by atomic mass is 10.3. The molecule has 10 heteroatoms. The molecule has 1 aliphatic heterocycles. The third-order valence-corrected chi connectivity index (χ3v) is 5.73. The number of benzene rings is 1. The first-order valence-corrected chi connectivity index (χ1v) is 11.7. The van der Waals surface area contributed by atoms with Crippen molar-refractivity contribution in [2.75, 3.05) is 44.4 Å². The summed E-state index contributed by atoms with van der Waals surface area (Å²) in [4.78, 5) is 23.9. The average Bonchev–Trinajstić information content (AvgIpc) is 3.21. The number of nitrogens with zero attached hydrogens (tertiary/aromatic N) is 5. The molecule has 0 spiro atoms. The first kappa shape index (κ1) is 22.3. The number of anilines is 1. The molecule has 170 valence electrons. The highest BCUT2D eigenvalue weighted by Crippen LogP contribution is 2.29. The molecule has 1 aliphatic rings. The Kier molecular flexibility index (Phi) is 7.43. The summed E-state index contributed by atoms with van der Waals surface area (Å²) in [6, 6.07) is 9.29. The minimum Gasteiger partial charge on any atom is -0.484 e. The van der Waals surface area contributed by atoms with Gasteiger partial charge in [-0.1, -0.05) is 43.8 Å². The Morgan fingerprint density at radius 1 is 1.22 bits per heavy atom. The van der Waals surface area contributed by atoms with Gasteiger partial charge in [0.25, 0.3) is 5.91 Å². The fourth-order valence-electron chi connectivity index (χ4n) is 3.38. The number of hydrogen-bond acceptors (Lipinski definition) is 8. The summed E-state index contributed by atoms with van der Waals surface area (Å²) in [5, 5.41) is 9.42. The van der Waals surface area contributed by atoms with Crippen LogP contribution in [-0.2, 0) is 16.1 Å². The van der Waals surface area contributed by atoms with Crippen molar-refractivity contribution in [1.29, 1.82) is 0 Å². The second-order valence-corrected chi connectivity index (χ2v) is 9.20. The van der Waals surface area contributed by atoms with E-state index in [2.05, 4.69) is 29.2 Å². The van der Waals surface area contributed by atoms with Crippen molar-refractivity contribution in [3.8, 4) is 5.75 Å². The third kappa shape index (κ3) is 5.68. The molecule has 32 heavy (non-hydrogen) atoms. The fraction of sp³-hybridized carbons (Fsp3) is 0.455. The van der Waals surface area contributed by atoms with Gasteiger partial charge in [-0.05, 0) is 12.1 Å². The maximum Gasteiger partial charge on any atom is 0.258 e. The van der Waals surface area contributed by atoms with Gasteiger partial charge in [-0.15, -0.1) is 0 Å². The number of hydrogen-bond donors (Lipinski definition) is 1.